The van der Waals surface area contributed by atoms with E-state index < -0.39 is 16.1 Å². The standard InChI is InChI=1S/C25H48Si2/c1-17(2)26(18(3)4,19(5)6)24-16-14-15-23(13)25(24)27(20(7)8,21(9)10)22(11)12/h14-22H,1-13H3. The molecule has 0 saturated heterocycles. The van der Waals surface area contributed by atoms with Gasteiger partial charge in [-0.1, -0.05) is 117 Å². The highest BCUT2D eigenvalue weighted by Gasteiger charge is 2.52. The van der Waals surface area contributed by atoms with E-state index in [1.54, 1.807) is 5.56 Å². The highest BCUT2D eigenvalue weighted by Crippen LogP contribution is 2.45. The first kappa shape index (κ1) is 24.7. The second kappa shape index (κ2) is 8.99. The van der Waals surface area contributed by atoms with Crippen LogP contribution in [-0.4, -0.2) is 16.1 Å². The highest BCUT2D eigenvalue weighted by atomic mass is 28.3. The molecule has 0 N–H and O–H groups in total. The minimum atomic E-state index is -1.71. The fraction of sp³-hybridized carbons (Fsp3) is 0.760. The van der Waals surface area contributed by atoms with Gasteiger partial charge in [-0.3, -0.25) is 0 Å². The molecule has 1 aromatic carbocycles. The van der Waals surface area contributed by atoms with Crippen molar-refractivity contribution in [1.29, 1.82) is 0 Å². The second-order valence-corrected chi connectivity index (χ2v) is 22.5. The number of aryl methyl sites for hydroxylation is 1. The normalized spacial score (nSPS) is 13.9. The van der Waals surface area contributed by atoms with Gasteiger partial charge in [-0.2, -0.15) is 0 Å². The number of benzene rings is 1. The van der Waals surface area contributed by atoms with E-state index in [1.165, 1.54) is 0 Å². The van der Waals surface area contributed by atoms with Crippen molar-refractivity contribution in [3.05, 3.63) is 23.8 Å². The zero-order valence-electron chi connectivity index (χ0n) is 20.7. The van der Waals surface area contributed by atoms with Crippen LogP contribution in [0.2, 0.25) is 33.2 Å². The molecule has 1 rings (SSSR count). The Kier molecular flexibility index (Phi) is 8.22. The second-order valence-electron chi connectivity index (χ2n) is 10.8. The van der Waals surface area contributed by atoms with Crippen molar-refractivity contribution >= 4 is 26.5 Å². The predicted molar refractivity (Wildman–Crippen MR) is 133 cm³/mol. The summed E-state index contributed by atoms with van der Waals surface area (Å²) in [5.74, 6) is 0. The van der Waals surface area contributed by atoms with Crippen LogP contribution >= 0.6 is 0 Å². The third kappa shape index (κ3) is 3.78. The van der Waals surface area contributed by atoms with Crippen LogP contribution in [0.5, 0.6) is 0 Å². The molecule has 0 aromatic heterocycles. The van der Waals surface area contributed by atoms with Crippen molar-refractivity contribution in [3.63, 3.8) is 0 Å². The third-order valence-corrected chi connectivity index (χ3v) is 22.5. The SMILES string of the molecule is Cc1cccc([Si](C(C)C)(C(C)C)C(C)C)c1[Si](C(C)C)(C(C)C)C(C)C. The van der Waals surface area contributed by atoms with Gasteiger partial charge in [0.25, 0.3) is 0 Å². The molecule has 0 unspecified atom stereocenters. The molecule has 0 atom stereocenters. The summed E-state index contributed by atoms with van der Waals surface area (Å²) in [5, 5.41) is 3.68. The smallest absolute Gasteiger partial charge is 0.0648 e. The van der Waals surface area contributed by atoms with Crippen LogP contribution in [0.3, 0.4) is 0 Å². The molecule has 0 aliphatic carbocycles. The van der Waals surface area contributed by atoms with Gasteiger partial charge >= 0.3 is 0 Å². The monoisotopic (exact) mass is 404 g/mol. The van der Waals surface area contributed by atoms with Gasteiger partial charge < -0.3 is 0 Å². The van der Waals surface area contributed by atoms with Crippen LogP contribution in [0, 0.1) is 6.92 Å². The van der Waals surface area contributed by atoms with Crippen LogP contribution in [0.25, 0.3) is 0 Å². The summed E-state index contributed by atoms with van der Waals surface area (Å²) in [6.45, 7) is 32.6. The van der Waals surface area contributed by atoms with E-state index in [0.29, 0.717) is 0 Å². The van der Waals surface area contributed by atoms with Gasteiger partial charge in [0.1, 0.15) is 0 Å². The van der Waals surface area contributed by atoms with Crippen LogP contribution in [0.1, 0.15) is 88.6 Å². The van der Waals surface area contributed by atoms with Crippen LogP contribution in [0.4, 0.5) is 0 Å². The Hall–Kier alpha value is -0.346. The van der Waals surface area contributed by atoms with Gasteiger partial charge in [-0.05, 0) is 40.2 Å². The lowest BCUT2D eigenvalue weighted by atomic mass is 10.2. The summed E-state index contributed by atoms with van der Waals surface area (Å²) < 4.78 is 0. The number of rotatable bonds is 8. The van der Waals surface area contributed by atoms with E-state index >= 15 is 0 Å². The van der Waals surface area contributed by atoms with Crippen molar-refractivity contribution in [1.82, 2.24) is 0 Å². The topological polar surface area (TPSA) is 0 Å². The lowest BCUT2D eigenvalue weighted by Gasteiger charge is -2.51. The molecule has 0 spiro atoms. The number of hydrogen-bond donors (Lipinski definition) is 0. The minimum Gasteiger partial charge on any atom is -0.0648 e. The van der Waals surface area contributed by atoms with Gasteiger partial charge in [0, 0.05) is 0 Å². The molecule has 0 aliphatic rings. The van der Waals surface area contributed by atoms with E-state index in [2.05, 4.69) is 108 Å². The van der Waals surface area contributed by atoms with Gasteiger partial charge in [-0.15, -0.1) is 0 Å². The summed E-state index contributed by atoms with van der Waals surface area (Å²) in [6.07, 6.45) is 0. The van der Waals surface area contributed by atoms with Crippen molar-refractivity contribution in [2.75, 3.05) is 0 Å². The maximum Gasteiger partial charge on any atom is 0.0944 e. The van der Waals surface area contributed by atoms with Crippen LogP contribution in [-0.2, 0) is 0 Å². The molecule has 0 nitrogen and oxygen atoms in total. The van der Waals surface area contributed by atoms with E-state index in [1.807, 2.05) is 10.4 Å². The zero-order valence-corrected chi connectivity index (χ0v) is 22.7. The molecule has 27 heavy (non-hydrogen) atoms. The fourth-order valence-corrected chi connectivity index (χ4v) is 22.6. The van der Waals surface area contributed by atoms with Gasteiger partial charge in [0.05, 0.1) is 16.1 Å². The van der Waals surface area contributed by atoms with Gasteiger partial charge in [0.2, 0.25) is 0 Å². The largest absolute Gasteiger partial charge is 0.0944 e. The lowest BCUT2D eigenvalue weighted by molar-refractivity contribution is 0.826. The molecule has 0 saturated carbocycles. The molecule has 0 amide bonds. The average molecular weight is 405 g/mol. The first-order valence-corrected chi connectivity index (χ1v) is 15.9. The van der Waals surface area contributed by atoms with E-state index in [-0.39, 0.29) is 0 Å². The van der Waals surface area contributed by atoms with E-state index in [0.717, 1.165) is 33.2 Å². The molecule has 0 aliphatic heterocycles. The Morgan fingerprint density at radius 2 is 0.852 bits per heavy atom. The Morgan fingerprint density at radius 3 is 1.15 bits per heavy atom. The Bertz CT molecular complexity index is 565. The Balaban J connectivity index is 4.15. The Morgan fingerprint density at radius 1 is 0.519 bits per heavy atom. The average Bonchev–Trinajstić information content (AvgIpc) is 2.48. The molecule has 156 valence electrons. The predicted octanol–water partition coefficient (Wildman–Crippen LogP) is 7.77. The van der Waals surface area contributed by atoms with Gasteiger partial charge in [-0.25, -0.2) is 0 Å². The zero-order chi connectivity index (χ0) is 21.3. The van der Waals surface area contributed by atoms with Crippen molar-refractivity contribution < 1.29 is 0 Å². The van der Waals surface area contributed by atoms with E-state index in [9.17, 15) is 0 Å². The van der Waals surface area contributed by atoms with Gasteiger partial charge in [0.15, 0.2) is 0 Å². The molecular formula is C25H48Si2. The lowest BCUT2D eigenvalue weighted by Crippen LogP contribution is -2.69. The summed E-state index contributed by atoms with van der Waals surface area (Å²) in [7, 11) is -3.40. The molecule has 0 fully saturated rings. The maximum atomic E-state index is 2.57. The van der Waals surface area contributed by atoms with Crippen molar-refractivity contribution in [2.45, 2.75) is 123 Å². The van der Waals surface area contributed by atoms with E-state index in [4.69, 9.17) is 0 Å². The fourth-order valence-electron chi connectivity index (χ4n) is 7.40. The number of hydrogen-bond acceptors (Lipinski definition) is 0. The molecule has 2 heteroatoms. The quantitative estimate of drug-likeness (QED) is 0.388. The molecular weight excluding hydrogens is 356 g/mol. The Labute approximate surface area is 173 Å². The molecule has 0 bridgehead atoms. The first-order chi connectivity index (χ1) is 12.3. The van der Waals surface area contributed by atoms with Crippen LogP contribution < -0.4 is 10.4 Å². The summed E-state index contributed by atoms with van der Waals surface area (Å²) >= 11 is 0. The minimum absolute atomic E-state index is 0.760. The first-order valence-electron chi connectivity index (χ1n) is 11.4. The molecule has 0 heterocycles. The third-order valence-electron chi connectivity index (χ3n) is 7.90. The summed E-state index contributed by atoms with van der Waals surface area (Å²) in [5.41, 5.74) is 6.14. The maximum absolute atomic E-state index is 2.57. The van der Waals surface area contributed by atoms with Crippen LogP contribution in [0.15, 0.2) is 18.2 Å². The summed E-state index contributed by atoms with van der Waals surface area (Å²) in [4.78, 5) is 0. The molecule has 0 radical (unpaired) electrons. The highest BCUT2D eigenvalue weighted by molar-refractivity contribution is 7.04. The molecule has 1 aromatic rings. The summed E-state index contributed by atoms with van der Waals surface area (Å²) in [6, 6.07) is 7.35. The van der Waals surface area contributed by atoms with Crippen molar-refractivity contribution in [2.24, 2.45) is 0 Å². The van der Waals surface area contributed by atoms with Crippen molar-refractivity contribution in [3.8, 4) is 0 Å².